The molecule has 0 aromatic heterocycles. The van der Waals surface area contributed by atoms with Crippen molar-refractivity contribution in [2.24, 2.45) is 0 Å². The molecule has 0 N–H and O–H groups in total. The minimum absolute atomic E-state index is 0.115. The normalized spacial score (nSPS) is 12.9. The lowest BCUT2D eigenvalue weighted by molar-refractivity contribution is -0.167. The van der Waals surface area contributed by atoms with Gasteiger partial charge in [0.15, 0.2) is 6.10 Å². The number of rotatable bonds is 46. The summed E-state index contributed by atoms with van der Waals surface area (Å²) in [5.74, 6) is -1.03. The van der Waals surface area contributed by atoms with Gasteiger partial charge in [0, 0.05) is 19.3 Å². The predicted molar refractivity (Wildman–Crippen MR) is 274 cm³/mol. The zero-order valence-electron chi connectivity index (χ0n) is 41.5. The molecule has 0 amide bonds. The fourth-order valence-corrected chi connectivity index (χ4v) is 6.97. The van der Waals surface area contributed by atoms with Crippen LogP contribution in [0.1, 0.15) is 233 Å². The van der Waals surface area contributed by atoms with E-state index >= 15 is 0 Å². The van der Waals surface area contributed by atoms with Crippen molar-refractivity contribution in [1.29, 1.82) is 0 Å². The van der Waals surface area contributed by atoms with Crippen LogP contribution in [0, 0.1) is 0 Å². The largest absolute Gasteiger partial charge is 0.462 e. The van der Waals surface area contributed by atoms with E-state index in [-0.39, 0.29) is 44.0 Å². The Bertz CT molecular complexity index is 1300. The molecule has 0 rings (SSSR count). The van der Waals surface area contributed by atoms with Crippen LogP contribution in [0.15, 0.2) is 97.2 Å². The van der Waals surface area contributed by atoms with Gasteiger partial charge < -0.3 is 14.2 Å². The maximum Gasteiger partial charge on any atom is 0.306 e. The molecule has 0 aliphatic heterocycles. The van der Waals surface area contributed by atoms with Gasteiger partial charge in [-0.05, 0) is 83.5 Å². The predicted octanol–water partition coefficient (Wildman–Crippen LogP) is 17.4. The van der Waals surface area contributed by atoms with Crippen LogP contribution in [0.4, 0.5) is 0 Å². The highest BCUT2D eigenvalue weighted by Gasteiger charge is 2.19. The van der Waals surface area contributed by atoms with Gasteiger partial charge in [0.25, 0.3) is 0 Å². The third-order valence-corrected chi connectivity index (χ3v) is 10.8. The Morgan fingerprint density at radius 3 is 0.953 bits per heavy atom. The van der Waals surface area contributed by atoms with Gasteiger partial charge in [0.05, 0.1) is 0 Å². The molecule has 364 valence electrons. The maximum absolute atomic E-state index is 12.8. The van der Waals surface area contributed by atoms with Crippen molar-refractivity contribution in [3.63, 3.8) is 0 Å². The molecule has 0 fully saturated rings. The van der Waals surface area contributed by atoms with Crippen LogP contribution in [-0.4, -0.2) is 37.2 Å². The molecule has 1 atom stereocenters. The van der Waals surface area contributed by atoms with Crippen LogP contribution in [0.2, 0.25) is 0 Å². The Labute approximate surface area is 394 Å². The highest BCUT2D eigenvalue weighted by molar-refractivity contribution is 5.71. The summed E-state index contributed by atoms with van der Waals surface area (Å²) in [7, 11) is 0. The quantitative estimate of drug-likeness (QED) is 0.0262. The minimum Gasteiger partial charge on any atom is -0.462 e. The molecular formula is C58H96O6. The van der Waals surface area contributed by atoms with Gasteiger partial charge in [0.1, 0.15) is 13.2 Å². The number of carbonyl (C=O) groups is 3. The summed E-state index contributed by atoms with van der Waals surface area (Å²) in [4.78, 5) is 37.9. The van der Waals surface area contributed by atoms with Crippen LogP contribution in [0.25, 0.3) is 0 Å². The Kier molecular flexibility index (Phi) is 49.0. The lowest BCUT2D eigenvalue weighted by Crippen LogP contribution is -2.30. The van der Waals surface area contributed by atoms with Gasteiger partial charge in [-0.2, -0.15) is 0 Å². The second-order valence-electron chi connectivity index (χ2n) is 17.0. The van der Waals surface area contributed by atoms with E-state index in [2.05, 4.69) is 118 Å². The molecule has 1 unspecified atom stereocenters. The van der Waals surface area contributed by atoms with E-state index in [1.54, 1.807) is 0 Å². The Morgan fingerprint density at radius 1 is 0.328 bits per heavy atom. The molecule has 0 spiro atoms. The van der Waals surface area contributed by atoms with Crippen molar-refractivity contribution in [3.05, 3.63) is 97.2 Å². The first-order chi connectivity index (χ1) is 31.5. The molecule has 64 heavy (non-hydrogen) atoms. The summed E-state index contributed by atoms with van der Waals surface area (Å²) in [6.45, 7) is 6.31. The molecule has 0 saturated carbocycles. The van der Waals surface area contributed by atoms with Crippen molar-refractivity contribution in [1.82, 2.24) is 0 Å². The first kappa shape index (κ1) is 60.3. The van der Waals surface area contributed by atoms with Crippen molar-refractivity contribution >= 4 is 17.9 Å². The molecule has 0 aliphatic rings. The topological polar surface area (TPSA) is 78.9 Å². The third kappa shape index (κ3) is 49.3. The highest BCUT2D eigenvalue weighted by atomic mass is 16.6. The maximum atomic E-state index is 12.8. The van der Waals surface area contributed by atoms with Gasteiger partial charge in [0.2, 0.25) is 0 Å². The fraction of sp³-hybridized carbons (Fsp3) is 0.672. The van der Waals surface area contributed by atoms with Crippen molar-refractivity contribution < 1.29 is 28.6 Å². The van der Waals surface area contributed by atoms with Gasteiger partial charge in [-0.25, -0.2) is 0 Å². The first-order valence-corrected chi connectivity index (χ1v) is 26.2. The monoisotopic (exact) mass is 889 g/mol. The van der Waals surface area contributed by atoms with Crippen molar-refractivity contribution in [2.75, 3.05) is 13.2 Å². The zero-order valence-corrected chi connectivity index (χ0v) is 41.5. The second kappa shape index (κ2) is 52.0. The third-order valence-electron chi connectivity index (χ3n) is 10.8. The van der Waals surface area contributed by atoms with E-state index in [9.17, 15) is 14.4 Å². The van der Waals surface area contributed by atoms with Gasteiger partial charge >= 0.3 is 17.9 Å². The van der Waals surface area contributed by atoms with E-state index in [0.29, 0.717) is 19.3 Å². The molecule has 0 aliphatic carbocycles. The molecule has 0 aromatic carbocycles. The Hall–Kier alpha value is -3.67. The number of carbonyl (C=O) groups excluding carboxylic acids is 3. The van der Waals surface area contributed by atoms with E-state index < -0.39 is 6.10 Å². The molecule has 0 aromatic rings. The molecule has 6 heteroatoms. The smallest absolute Gasteiger partial charge is 0.306 e. The van der Waals surface area contributed by atoms with Crippen LogP contribution in [0.3, 0.4) is 0 Å². The summed E-state index contributed by atoms with van der Waals surface area (Å²) in [5, 5.41) is 0. The molecule has 0 heterocycles. The number of hydrogen-bond acceptors (Lipinski definition) is 6. The molecule has 0 saturated heterocycles. The average Bonchev–Trinajstić information content (AvgIpc) is 3.29. The minimum atomic E-state index is -0.826. The molecular weight excluding hydrogens is 793 g/mol. The lowest BCUT2D eigenvalue weighted by atomic mass is 10.0. The summed E-state index contributed by atoms with van der Waals surface area (Å²) < 4.78 is 16.7. The van der Waals surface area contributed by atoms with Crippen molar-refractivity contribution in [2.45, 2.75) is 239 Å². The van der Waals surface area contributed by atoms with Gasteiger partial charge in [-0.3, -0.25) is 14.4 Å². The van der Waals surface area contributed by atoms with Crippen LogP contribution < -0.4 is 0 Å². The number of hydrogen-bond donors (Lipinski definition) is 0. The standard InChI is InChI=1S/C58H96O6/c1-4-7-10-13-16-19-22-24-26-28-30-31-33-36-39-42-45-48-51-57(60)63-54-55(53-62-56(59)50-47-44-41-38-35-21-18-15-12-9-6-3)64-58(61)52-49-46-43-40-37-34-32-29-27-25-23-20-17-14-11-8-5-2/h8-9,11-12,17-18,20-21,25,27,32,34,38,40-41,43,55H,4-7,10,13-16,19,22-24,26,28-31,33,35-37,39,42,44-54H2,1-3H3/b11-8-,12-9-,20-17-,21-18-,27-25-,34-32-,41-38-,43-40-. The number of esters is 3. The first-order valence-electron chi connectivity index (χ1n) is 26.2. The van der Waals surface area contributed by atoms with Crippen LogP contribution in [-0.2, 0) is 28.6 Å². The van der Waals surface area contributed by atoms with Crippen molar-refractivity contribution in [3.8, 4) is 0 Å². The summed E-state index contributed by atoms with van der Waals surface area (Å²) >= 11 is 0. The second-order valence-corrected chi connectivity index (χ2v) is 17.0. The zero-order chi connectivity index (χ0) is 46.5. The summed E-state index contributed by atoms with van der Waals surface area (Å²) in [5.41, 5.74) is 0. The van der Waals surface area contributed by atoms with E-state index in [4.69, 9.17) is 14.2 Å². The average molecular weight is 889 g/mol. The van der Waals surface area contributed by atoms with Gasteiger partial charge in [-0.1, -0.05) is 227 Å². The molecule has 6 nitrogen and oxygen atoms in total. The number of allylic oxidation sites excluding steroid dienone is 16. The van der Waals surface area contributed by atoms with Crippen LogP contribution >= 0.6 is 0 Å². The fourth-order valence-electron chi connectivity index (χ4n) is 6.97. The van der Waals surface area contributed by atoms with Gasteiger partial charge in [-0.15, -0.1) is 0 Å². The SMILES string of the molecule is CC/C=C\C/C=C\C/C=C\C/C=C\C/C=C\CCCC(=O)OC(COC(=O)CCC/C=C\C/C=C\C/C=C\CC)COC(=O)CCCCCCCCCCCCCCCCCCCC. The van der Waals surface area contributed by atoms with E-state index in [0.717, 1.165) is 83.5 Å². The number of unbranched alkanes of at least 4 members (excludes halogenated alkanes) is 19. The summed E-state index contributed by atoms with van der Waals surface area (Å²) in [6.07, 6.45) is 68.4. The Balaban J connectivity index is 4.47. The lowest BCUT2D eigenvalue weighted by Gasteiger charge is -2.18. The summed E-state index contributed by atoms with van der Waals surface area (Å²) in [6, 6.07) is 0. The molecule has 0 bridgehead atoms. The van der Waals surface area contributed by atoms with E-state index in [1.807, 2.05) is 0 Å². The Morgan fingerprint density at radius 2 is 0.609 bits per heavy atom. The molecule has 0 radical (unpaired) electrons. The number of ether oxygens (including phenoxy) is 3. The highest BCUT2D eigenvalue weighted by Crippen LogP contribution is 2.15. The van der Waals surface area contributed by atoms with Crippen LogP contribution in [0.5, 0.6) is 0 Å². The van der Waals surface area contributed by atoms with E-state index in [1.165, 1.54) is 96.3 Å².